The van der Waals surface area contributed by atoms with Crippen LogP contribution in [0.5, 0.6) is 11.5 Å². The van der Waals surface area contributed by atoms with Gasteiger partial charge in [-0.05, 0) is 17.7 Å². The summed E-state index contributed by atoms with van der Waals surface area (Å²) in [5.41, 5.74) is 9.24. The van der Waals surface area contributed by atoms with Crippen molar-refractivity contribution in [1.82, 2.24) is 10.1 Å². The number of aromatic nitrogens is 2. The molecule has 1 aromatic carbocycles. The molecule has 0 saturated heterocycles. The molecular weight excluding hydrogens is 290 g/mol. The molecule has 2 heterocycles. The number of methoxy groups -OCH3 is 2. The molecule has 0 unspecified atom stereocenters. The first-order valence-corrected chi connectivity index (χ1v) is 6.99. The van der Waals surface area contributed by atoms with Gasteiger partial charge in [-0.25, -0.2) is 0 Å². The molecule has 0 saturated carbocycles. The molecule has 2 aromatic heterocycles. The lowest BCUT2D eigenvalue weighted by Gasteiger charge is -2.09. The molecule has 0 atom stereocenters. The summed E-state index contributed by atoms with van der Waals surface area (Å²) in [5.74, 6) is 2.19. The van der Waals surface area contributed by atoms with Crippen LogP contribution in [0.1, 0.15) is 0 Å². The predicted molar refractivity (Wildman–Crippen MR) is 80.6 cm³/mol. The Balaban J connectivity index is 2.15. The van der Waals surface area contributed by atoms with Crippen molar-refractivity contribution in [2.45, 2.75) is 0 Å². The first-order chi connectivity index (χ1) is 10.2. The van der Waals surface area contributed by atoms with Gasteiger partial charge in [-0.1, -0.05) is 11.2 Å². The van der Waals surface area contributed by atoms with Crippen LogP contribution in [0, 0.1) is 0 Å². The summed E-state index contributed by atoms with van der Waals surface area (Å²) in [4.78, 5) is 4.91. The molecule has 3 aromatic rings. The van der Waals surface area contributed by atoms with Crippen LogP contribution in [-0.4, -0.2) is 24.4 Å². The molecule has 0 amide bonds. The Morgan fingerprint density at radius 2 is 2.00 bits per heavy atom. The van der Waals surface area contributed by atoms with E-state index >= 15 is 0 Å². The van der Waals surface area contributed by atoms with Gasteiger partial charge in [0.15, 0.2) is 23.1 Å². The second kappa shape index (κ2) is 5.45. The van der Waals surface area contributed by atoms with Crippen LogP contribution in [0.15, 0.2) is 34.4 Å². The number of nitrogen functional groups attached to an aromatic ring is 1. The van der Waals surface area contributed by atoms with E-state index in [1.165, 1.54) is 11.3 Å². The number of thiazole rings is 1. The Kier molecular flexibility index (Phi) is 3.49. The number of nitrogens with two attached hydrogens (primary N) is 1. The third-order valence-electron chi connectivity index (χ3n) is 3.05. The summed E-state index contributed by atoms with van der Waals surface area (Å²) in [6.07, 6.45) is 1.72. The zero-order valence-electron chi connectivity index (χ0n) is 11.5. The highest BCUT2D eigenvalue weighted by molar-refractivity contribution is 7.13. The second-order valence-corrected chi connectivity index (χ2v) is 5.09. The lowest BCUT2D eigenvalue weighted by Crippen LogP contribution is -1.93. The quantitative estimate of drug-likeness (QED) is 0.797. The van der Waals surface area contributed by atoms with Crippen LogP contribution >= 0.6 is 11.3 Å². The van der Waals surface area contributed by atoms with Gasteiger partial charge >= 0.3 is 0 Å². The van der Waals surface area contributed by atoms with Gasteiger partial charge in [-0.15, -0.1) is 11.3 Å². The van der Waals surface area contributed by atoms with Gasteiger partial charge in [-0.2, -0.15) is 0 Å². The van der Waals surface area contributed by atoms with Gasteiger partial charge in [-0.3, -0.25) is 4.98 Å². The van der Waals surface area contributed by atoms with E-state index < -0.39 is 0 Å². The van der Waals surface area contributed by atoms with Crippen LogP contribution in [0.3, 0.4) is 0 Å². The summed E-state index contributed by atoms with van der Waals surface area (Å²) in [6, 6.07) is 5.54. The Morgan fingerprint density at radius 1 is 1.19 bits per heavy atom. The number of hydrogen-bond donors (Lipinski definition) is 1. The fraction of sp³-hybridized carbons (Fsp3) is 0.143. The molecule has 0 fully saturated rings. The predicted octanol–water partition coefficient (Wildman–Crippen LogP) is 3.06. The minimum atomic E-state index is 0.325. The van der Waals surface area contributed by atoms with Crippen molar-refractivity contribution in [3.63, 3.8) is 0 Å². The first kappa shape index (κ1) is 13.4. The topological polar surface area (TPSA) is 83.4 Å². The molecule has 0 aliphatic heterocycles. The van der Waals surface area contributed by atoms with E-state index in [1.54, 1.807) is 25.9 Å². The number of ether oxygens (including phenoxy) is 2. The smallest absolute Gasteiger partial charge is 0.188 e. The molecule has 0 aliphatic rings. The average Bonchev–Trinajstić information content (AvgIpc) is 3.15. The number of rotatable bonds is 4. The summed E-state index contributed by atoms with van der Waals surface area (Å²) in [5, 5.41) is 3.86. The molecule has 6 nitrogen and oxygen atoms in total. The Bertz CT molecular complexity index is 753. The standard InChI is InChI=1S/C14H13N3O3S/c1-18-9-4-3-8(5-10(9)19-2)12-13(20-17-14(12)15)11-6-16-7-21-11/h3-7H,1-2H3,(H2,15,17). The normalized spacial score (nSPS) is 10.6. The summed E-state index contributed by atoms with van der Waals surface area (Å²) in [6.45, 7) is 0. The molecular formula is C14H13N3O3S. The van der Waals surface area contributed by atoms with Crippen molar-refractivity contribution in [3.05, 3.63) is 29.9 Å². The molecule has 2 N–H and O–H groups in total. The maximum absolute atomic E-state index is 5.95. The molecule has 7 heteroatoms. The van der Waals surface area contributed by atoms with E-state index in [-0.39, 0.29) is 0 Å². The average molecular weight is 303 g/mol. The van der Waals surface area contributed by atoms with Crippen molar-refractivity contribution >= 4 is 17.2 Å². The summed E-state index contributed by atoms with van der Waals surface area (Å²) >= 11 is 1.46. The number of hydrogen-bond acceptors (Lipinski definition) is 7. The van der Waals surface area contributed by atoms with E-state index in [1.807, 2.05) is 18.2 Å². The highest BCUT2D eigenvalue weighted by atomic mass is 32.1. The maximum Gasteiger partial charge on any atom is 0.188 e. The van der Waals surface area contributed by atoms with E-state index in [2.05, 4.69) is 10.1 Å². The van der Waals surface area contributed by atoms with E-state index in [9.17, 15) is 0 Å². The van der Waals surface area contributed by atoms with Crippen LogP contribution in [0.4, 0.5) is 5.82 Å². The molecule has 0 aliphatic carbocycles. The van der Waals surface area contributed by atoms with Gasteiger partial charge in [0.25, 0.3) is 0 Å². The Labute approximate surface area is 125 Å². The summed E-state index contributed by atoms with van der Waals surface area (Å²) < 4.78 is 15.9. The number of benzene rings is 1. The van der Waals surface area contributed by atoms with E-state index in [0.717, 1.165) is 16.0 Å². The molecule has 21 heavy (non-hydrogen) atoms. The monoisotopic (exact) mass is 303 g/mol. The van der Waals surface area contributed by atoms with Gasteiger partial charge in [0.1, 0.15) is 0 Å². The zero-order valence-corrected chi connectivity index (χ0v) is 12.3. The zero-order chi connectivity index (χ0) is 14.8. The van der Waals surface area contributed by atoms with Crippen molar-refractivity contribution in [2.75, 3.05) is 20.0 Å². The highest BCUT2D eigenvalue weighted by Crippen LogP contribution is 2.40. The minimum Gasteiger partial charge on any atom is -0.493 e. The van der Waals surface area contributed by atoms with Gasteiger partial charge < -0.3 is 19.7 Å². The van der Waals surface area contributed by atoms with Crippen LogP contribution in [0.25, 0.3) is 21.8 Å². The van der Waals surface area contributed by atoms with Crippen molar-refractivity contribution < 1.29 is 14.0 Å². The molecule has 0 radical (unpaired) electrons. The van der Waals surface area contributed by atoms with Crippen molar-refractivity contribution in [2.24, 2.45) is 0 Å². The highest BCUT2D eigenvalue weighted by Gasteiger charge is 2.20. The molecule has 0 bridgehead atoms. The fourth-order valence-corrected chi connectivity index (χ4v) is 2.67. The third kappa shape index (κ3) is 2.31. The van der Waals surface area contributed by atoms with Crippen LogP contribution in [0.2, 0.25) is 0 Å². The van der Waals surface area contributed by atoms with Gasteiger partial charge in [0.05, 0.1) is 30.2 Å². The fourth-order valence-electron chi connectivity index (χ4n) is 2.07. The SMILES string of the molecule is COc1ccc(-c2c(N)noc2-c2cncs2)cc1OC. The van der Waals surface area contributed by atoms with Crippen molar-refractivity contribution in [1.29, 1.82) is 0 Å². The first-order valence-electron chi connectivity index (χ1n) is 6.11. The van der Waals surface area contributed by atoms with E-state index in [0.29, 0.717) is 23.1 Å². The molecule has 108 valence electrons. The minimum absolute atomic E-state index is 0.325. The number of anilines is 1. The van der Waals surface area contributed by atoms with Gasteiger partial charge in [0.2, 0.25) is 0 Å². The molecule has 3 rings (SSSR count). The van der Waals surface area contributed by atoms with Crippen LogP contribution < -0.4 is 15.2 Å². The van der Waals surface area contributed by atoms with Gasteiger partial charge in [0, 0.05) is 6.20 Å². The largest absolute Gasteiger partial charge is 0.493 e. The number of nitrogens with zero attached hydrogens (tertiary/aromatic N) is 2. The van der Waals surface area contributed by atoms with Crippen LogP contribution in [-0.2, 0) is 0 Å². The molecule has 0 spiro atoms. The third-order valence-corrected chi connectivity index (χ3v) is 3.82. The Morgan fingerprint density at radius 3 is 2.67 bits per heavy atom. The lowest BCUT2D eigenvalue weighted by molar-refractivity contribution is 0.355. The van der Waals surface area contributed by atoms with E-state index in [4.69, 9.17) is 19.7 Å². The Hall–Kier alpha value is -2.54. The maximum atomic E-state index is 5.95. The van der Waals surface area contributed by atoms with Crippen molar-refractivity contribution in [3.8, 4) is 33.3 Å². The second-order valence-electron chi connectivity index (χ2n) is 4.21. The summed E-state index contributed by atoms with van der Waals surface area (Å²) in [7, 11) is 3.18. The lowest BCUT2D eigenvalue weighted by atomic mass is 10.0.